The lowest BCUT2D eigenvalue weighted by Crippen LogP contribution is -2.27. The van der Waals surface area contributed by atoms with Crippen LogP contribution in [-0.4, -0.2) is 25.6 Å². The van der Waals surface area contributed by atoms with Gasteiger partial charge in [-0.15, -0.1) is 0 Å². The monoisotopic (exact) mass is 317 g/mol. The van der Waals surface area contributed by atoms with Crippen molar-refractivity contribution < 1.29 is 23.5 Å². The normalized spacial score (nSPS) is 11.6. The molecular weight excluding hydrogens is 301 g/mol. The number of benzene rings is 2. The summed E-state index contributed by atoms with van der Waals surface area (Å²) in [5.41, 5.74) is 0.927. The average Bonchev–Trinajstić information content (AvgIpc) is 2.56. The number of hydrogen-bond acceptors (Lipinski definition) is 4. The van der Waals surface area contributed by atoms with Crippen LogP contribution >= 0.6 is 0 Å². The predicted octanol–water partition coefficient (Wildman–Crippen LogP) is 2.70. The summed E-state index contributed by atoms with van der Waals surface area (Å²) in [7, 11) is 1.36. The number of anilines is 1. The third kappa shape index (κ3) is 4.89. The summed E-state index contributed by atoms with van der Waals surface area (Å²) in [4.78, 5) is 24.1. The van der Waals surface area contributed by atoms with Crippen LogP contribution < -0.4 is 5.32 Å². The molecule has 0 aliphatic rings. The molecule has 0 saturated heterocycles. The molecule has 0 aliphatic carbocycles. The molecule has 2 aromatic carbocycles. The summed E-state index contributed by atoms with van der Waals surface area (Å²) >= 11 is 0. The smallest absolute Gasteiger partial charge is 0.333 e. The van der Waals surface area contributed by atoms with Gasteiger partial charge >= 0.3 is 5.97 Å². The SMILES string of the molecule is COCC(=O)O[C@H](C(=O)Nc1ccc(F)cc1)c1ccccc1. The second-order valence-electron chi connectivity index (χ2n) is 4.71. The van der Waals surface area contributed by atoms with E-state index in [-0.39, 0.29) is 6.61 Å². The number of amides is 1. The molecule has 0 aromatic heterocycles. The van der Waals surface area contributed by atoms with Gasteiger partial charge in [0, 0.05) is 18.4 Å². The Labute approximate surface area is 133 Å². The Bertz CT molecular complexity index is 658. The fourth-order valence-electron chi connectivity index (χ4n) is 1.93. The van der Waals surface area contributed by atoms with Gasteiger partial charge in [0.25, 0.3) is 5.91 Å². The minimum Gasteiger partial charge on any atom is -0.446 e. The maximum atomic E-state index is 12.9. The van der Waals surface area contributed by atoms with Crippen molar-refractivity contribution in [2.24, 2.45) is 0 Å². The Hall–Kier alpha value is -2.73. The second kappa shape index (κ2) is 8.05. The largest absolute Gasteiger partial charge is 0.446 e. The maximum absolute atomic E-state index is 12.9. The van der Waals surface area contributed by atoms with Crippen LogP contribution in [0.1, 0.15) is 11.7 Å². The first-order chi connectivity index (χ1) is 11.1. The van der Waals surface area contributed by atoms with Gasteiger partial charge in [0.1, 0.15) is 12.4 Å². The first-order valence-corrected chi connectivity index (χ1v) is 6.90. The van der Waals surface area contributed by atoms with Crippen molar-refractivity contribution in [3.63, 3.8) is 0 Å². The highest BCUT2D eigenvalue weighted by Gasteiger charge is 2.25. The summed E-state index contributed by atoms with van der Waals surface area (Å²) in [5, 5.41) is 2.59. The molecule has 0 saturated carbocycles. The number of rotatable bonds is 6. The van der Waals surface area contributed by atoms with Crippen molar-refractivity contribution in [1.82, 2.24) is 0 Å². The van der Waals surface area contributed by atoms with E-state index in [1.807, 2.05) is 0 Å². The van der Waals surface area contributed by atoms with E-state index < -0.39 is 23.8 Å². The highest BCUT2D eigenvalue weighted by molar-refractivity contribution is 5.96. The number of halogens is 1. The molecule has 120 valence electrons. The van der Waals surface area contributed by atoms with Crippen LogP contribution in [0.5, 0.6) is 0 Å². The molecule has 0 fully saturated rings. The lowest BCUT2D eigenvalue weighted by atomic mass is 10.1. The third-order valence-corrected chi connectivity index (χ3v) is 2.96. The highest BCUT2D eigenvalue weighted by atomic mass is 19.1. The number of methoxy groups -OCH3 is 1. The Morgan fingerprint density at radius 1 is 1.09 bits per heavy atom. The van der Waals surface area contributed by atoms with Gasteiger partial charge in [0.15, 0.2) is 0 Å². The van der Waals surface area contributed by atoms with Gasteiger partial charge < -0.3 is 14.8 Å². The molecule has 0 radical (unpaired) electrons. The van der Waals surface area contributed by atoms with Crippen molar-refractivity contribution in [2.45, 2.75) is 6.10 Å². The van der Waals surface area contributed by atoms with Crippen LogP contribution in [0.2, 0.25) is 0 Å². The number of carbonyl (C=O) groups is 2. The molecule has 1 amide bonds. The van der Waals surface area contributed by atoms with E-state index in [1.54, 1.807) is 30.3 Å². The molecule has 6 heteroatoms. The van der Waals surface area contributed by atoms with Crippen molar-refractivity contribution >= 4 is 17.6 Å². The fraction of sp³-hybridized carbons (Fsp3) is 0.176. The van der Waals surface area contributed by atoms with Crippen LogP contribution in [0.3, 0.4) is 0 Å². The molecule has 0 aliphatic heterocycles. The van der Waals surface area contributed by atoms with Crippen LogP contribution in [-0.2, 0) is 19.1 Å². The zero-order valence-corrected chi connectivity index (χ0v) is 12.5. The minimum absolute atomic E-state index is 0.257. The van der Waals surface area contributed by atoms with Crippen molar-refractivity contribution in [3.8, 4) is 0 Å². The van der Waals surface area contributed by atoms with Crippen LogP contribution in [0.4, 0.5) is 10.1 Å². The first-order valence-electron chi connectivity index (χ1n) is 6.90. The van der Waals surface area contributed by atoms with Crippen LogP contribution in [0, 0.1) is 5.82 Å². The summed E-state index contributed by atoms with van der Waals surface area (Å²) in [6.07, 6.45) is -1.12. The van der Waals surface area contributed by atoms with E-state index in [1.165, 1.54) is 31.4 Å². The summed E-state index contributed by atoms with van der Waals surface area (Å²) < 4.78 is 22.8. The molecule has 2 aromatic rings. The summed E-state index contributed by atoms with van der Waals surface area (Å²) in [5.74, 6) is -1.60. The molecule has 0 spiro atoms. The van der Waals surface area contributed by atoms with Crippen molar-refractivity contribution in [2.75, 3.05) is 19.0 Å². The van der Waals surface area contributed by atoms with Gasteiger partial charge in [-0.2, -0.15) is 0 Å². The highest BCUT2D eigenvalue weighted by Crippen LogP contribution is 2.20. The summed E-state index contributed by atoms with van der Waals surface area (Å²) in [6.45, 7) is -0.257. The third-order valence-electron chi connectivity index (χ3n) is 2.96. The quantitative estimate of drug-likeness (QED) is 0.832. The molecule has 23 heavy (non-hydrogen) atoms. The number of carbonyl (C=O) groups excluding carboxylic acids is 2. The Balaban J connectivity index is 2.16. The van der Waals surface area contributed by atoms with Crippen LogP contribution in [0.15, 0.2) is 54.6 Å². The van der Waals surface area contributed by atoms with Gasteiger partial charge in [0.2, 0.25) is 6.10 Å². The van der Waals surface area contributed by atoms with Gasteiger partial charge in [-0.25, -0.2) is 9.18 Å². The Morgan fingerprint density at radius 2 is 1.74 bits per heavy atom. The standard InChI is InChI=1S/C17H16FNO4/c1-22-11-15(20)23-16(12-5-3-2-4-6-12)17(21)19-14-9-7-13(18)8-10-14/h2-10,16H,11H2,1H3,(H,19,21)/t16-/m0/s1. The van der Waals surface area contributed by atoms with E-state index in [2.05, 4.69) is 5.32 Å². The lowest BCUT2D eigenvalue weighted by Gasteiger charge is -2.18. The van der Waals surface area contributed by atoms with Crippen molar-refractivity contribution in [3.05, 3.63) is 66.0 Å². The summed E-state index contributed by atoms with van der Waals surface area (Å²) in [6, 6.07) is 13.9. The zero-order valence-electron chi connectivity index (χ0n) is 12.5. The van der Waals surface area contributed by atoms with E-state index in [4.69, 9.17) is 9.47 Å². The first kappa shape index (κ1) is 16.6. The molecule has 0 heterocycles. The lowest BCUT2D eigenvalue weighted by molar-refractivity contribution is -0.158. The van der Waals surface area contributed by atoms with Gasteiger partial charge in [-0.1, -0.05) is 30.3 Å². The van der Waals surface area contributed by atoms with Crippen molar-refractivity contribution in [1.29, 1.82) is 0 Å². The molecule has 0 unspecified atom stereocenters. The Kier molecular flexibility index (Phi) is 5.82. The molecule has 0 bridgehead atoms. The van der Waals surface area contributed by atoms with E-state index in [0.717, 1.165) is 0 Å². The topological polar surface area (TPSA) is 64.6 Å². The van der Waals surface area contributed by atoms with E-state index in [9.17, 15) is 14.0 Å². The molecular formula is C17H16FNO4. The average molecular weight is 317 g/mol. The van der Waals surface area contributed by atoms with E-state index >= 15 is 0 Å². The molecule has 5 nitrogen and oxygen atoms in total. The number of esters is 1. The van der Waals surface area contributed by atoms with Gasteiger partial charge in [-0.05, 0) is 24.3 Å². The van der Waals surface area contributed by atoms with Crippen LogP contribution in [0.25, 0.3) is 0 Å². The minimum atomic E-state index is -1.12. The number of nitrogens with one attached hydrogen (secondary N) is 1. The Morgan fingerprint density at radius 3 is 2.35 bits per heavy atom. The second-order valence-corrected chi connectivity index (χ2v) is 4.71. The van der Waals surface area contributed by atoms with Gasteiger partial charge in [-0.3, -0.25) is 4.79 Å². The molecule has 2 rings (SSSR count). The number of ether oxygens (including phenoxy) is 2. The predicted molar refractivity (Wildman–Crippen MR) is 82.2 cm³/mol. The molecule has 1 N–H and O–H groups in total. The maximum Gasteiger partial charge on any atom is 0.333 e. The van der Waals surface area contributed by atoms with E-state index in [0.29, 0.717) is 11.3 Å². The van der Waals surface area contributed by atoms with Gasteiger partial charge in [0.05, 0.1) is 0 Å². The molecule has 1 atom stereocenters. The fourth-order valence-corrected chi connectivity index (χ4v) is 1.93. The zero-order chi connectivity index (χ0) is 16.7. The number of hydrogen-bond donors (Lipinski definition) is 1.